The molecule has 6 atom stereocenters. The molecule has 1 aliphatic heterocycles. The lowest BCUT2D eigenvalue weighted by atomic mass is 9.78. The Hall–Kier alpha value is -1.42. The van der Waals surface area contributed by atoms with Gasteiger partial charge >= 0.3 is 0 Å². The fraction of sp³-hybridized carbons (Fsp3) is 0.571. The second-order valence-corrected chi connectivity index (χ2v) is 15.8. The Balaban J connectivity index is 1.29. The lowest BCUT2D eigenvalue weighted by Gasteiger charge is -2.46. The maximum Gasteiger partial charge on any atom is 0.128 e. The van der Waals surface area contributed by atoms with E-state index in [1.807, 2.05) is 0 Å². The molecule has 0 amide bonds. The van der Waals surface area contributed by atoms with E-state index in [4.69, 9.17) is 0 Å². The molecule has 3 fully saturated rings. The fourth-order valence-electron chi connectivity index (χ4n) is 8.09. The van der Waals surface area contributed by atoms with Gasteiger partial charge in [0.1, 0.15) is 8.24 Å². The van der Waals surface area contributed by atoms with Gasteiger partial charge in [0, 0.05) is 18.8 Å². The van der Waals surface area contributed by atoms with Gasteiger partial charge in [-0.3, -0.25) is 5.32 Å². The Morgan fingerprint density at radius 1 is 0.774 bits per heavy atom. The third-order valence-corrected chi connectivity index (χ3v) is 13.8. The van der Waals surface area contributed by atoms with Gasteiger partial charge in [0.05, 0.1) is 0 Å². The van der Waals surface area contributed by atoms with Crippen molar-refractivity contribution in [3.63, 3.8) is 0 Å². The molecule has 5 unspecified atom stereocenters. The molecule has 0 bridgehead atoms. The van der Waals surface area contributed by atoms with Crippen LogP contribution in [0.5, 0.6) is 0 Å². The molecule has 1 heterocycles. The van der Waals surface area contributed by atoms with E-state index in [1.165, 1.54) is 32.1 Å². The molecule has 3 heteroatoms. The summed E-state index contributed by atoms with van der Waals surface area (Å²) in [5, 5.41) is 4.01. The van der Waals surface area contributed by atoms with E-state index in [2.05, 4.69) is 89.8 Å². The van der Waals surface area contributed by atoms with E-state index in [0.29, 0.717) is 35.8 Å². The first-order valence-electron chi connectivity index (χ1n) is 12.7. The van der Waals surface area contributed by atoms with Crippen molar-refractivity contribution in [2.75, 3.05) is 6.67 Å². The van der Waals surface area contributed by atoms with Gasteiger partial charge in [0.2, 0.25) is 0 Å². The van der Waals surface area contributed by atoms with E-state index in [0.717, 1.165) is 18.1 Å². The minimum atomic E-state index is -1.72. The average molecular weight is 431 g/mol. The predicted molar refractivity (Wildman–Crippen MR) is 133 cm³/mol. The first-order valence-corrected chi connectivity index (χ1v) is 15.8. The zero-order valence-corrected chi connectivity index (χ0v) is 20.2. The smallest absolute Gasteiger partial charge is 0.128 e. The number of fused-ring (bicyclic) bond motifs is 4. The summed E-state index contributed by atoms with van der Waals surface area (Å²) < 4.78 is 2.95. The number of hydrogen-bond acceptors (Lipinski definition) is 2. The van der Waals surface area contributed by atoms with Gasteiger partial charge in [-0.05, 0) is 53.5 Å². The van der Waals surface area contributed by atoms with E-state index >= 15 is 0 Å². The van der Waals surface area contributed by atoms with E-state index < -0.39 is 8.24 Å². The third kappa shape index (κ3) is 3.19. The SMILES string of the molecule is C[Si](C)(C1C2C=CC=CC2C2C=CC=CC21)N1CNC2C(C3CCCCC3)=CC=C[C@H]21. The zero-order chi connectivity index (χ0) is 21.0. The lowest BCUT2D eigenvalue weighted by molar-refractivity contribution is 0.363. The van der Waals surface area contributed by atoms with Gasteiger partial charge in [-0.15, -0.1) is 0 Å². The molecule has 31 heavy (non-hydrogen) atoms. The minimum Gasteiger partial charge on any atom is -0.304 e. The summed E-state index contributed by atoms with van der Waals surface area (Å²) in [6, 6.07) is 1.09. The van der Waals surface area contributed by atoms with Crippen molar-refractivity contribution < 1.29 is 0 Å². The summed E-state index contributed by atoms with van der Waals surface area (Å²) in [6.45, 7) is 6.41. The van der Waals surface area contributed by atoms with Gasteiger partial charge < -0.3 is 4.57 Å². The molecule has 164 valence electrons. The molecule has 0 aromatic rings. The molecule has 1 saturated heterocycles. The summed E-state index contributed by atoms with van der Waals surface area (Å²) in [5.41, 5.74) is 2.48. The van der Waals surface area contributed by atoms with Crippen molar-refractivity contribution in [3.8, 4) is 0 Å². The highest BCUT2D eigenvalue weighted by molar-refractivity contribution is 6.76. The molecule has 5 aliphatic carbocycles. The summed E-state index contributed by atoms with van der Waals surface area (Å²) in [7, 11) is -1.72. The van der Waals surface area contributed by atoms with Gasteiger partial charge in [0.25, 0.3) is 0 Å². The van der Waals surface area contributed by atoms with Crippen LogP contribution in [0.25, 0.3) is 0 Å². The van der Waals surface area contributed by atoms with E-state index in [1.54, 1.807) is 5.57 Å². The highest BCUT2D eigenvalue weighted by Crippen LogP contribution is 2.59. The maximum absolute atomic E-state index is 4.01. The monoisotopic (exact) mass is 430 g/mol. The topological polar surface area (TPSA) is 15.3 Å². The van der Waals surface area contributed by atoms with Crippen LogP contribution in [-0.4, -0.2) is 31.6 Å². The molecule has 0 radical (unpaired) electrons. The summed E-state index contributed by atoms with van der Waals surface area (Å²) >= 11 is 0. The fourth-order valence-corrected chi connectivity index (χ4v) is 12.5. The largest absolute Gasteiger partial charge is 0.304 e. The number of hydrogen-bond donors (Lipinski definition) is 1. The van der Waals surface area contributed by atoms with Crippen molar-refractivity contribution in [2.24, 2.45) is 29.6 Å². The normalized spacial score (nSPS) is 41.9. The molecule has 6 rings (SSSR count). The Morgan fingerprint density at radius 2 is 1.39 bits per heavy atom. The second-order valence-electron chi connectivity index (χ2n) is 11.2. The molecule has 2 saturated carbocycles. The number of nitrogens with zero attached hydrogens (tertiary/aromatic N) is 1. The second kappa shape index (κ2) is 7.86. The van der Waals surface area contributed by atoms with Crippen LogP contribution < -0.4 is 5.32 Å². The first-order chi connectivity index (χ1) is 15.2. The van der Waals surface area contributed by atoms with Gasteiger partial charge in [-0.1, -0.05) is 99.2 Å². The van der Waals surface area contributed by atoms with Crippen LogP contribution >= 0.6 is 0 Å². The zero-order valence-electron chi connectivity index (χ0n) is 19.2. The molecule has 6 aliphatic rings. The summed E-state index contributed by atoms with van der Waals surface area (Å²) in [4.78, 5) is 0. The van der Waals surface area contributed by atoms with Crippen LogP contribution in [0.3, 0.4) is 0 Å². The number of allylic oxidation sites excluding steroid dienone is 10. The predicted octanol–water partition coefficient (Wildman–Crippen LogP) is 5.97. The van der Waals surface area contributed by atoms with Gasteiger partial charge in [-0.2, -0.15) is 0 Å². The standard InChI is InChI=1S/C28H38N2Si/c1-31(2,28-24-15-8-6-13-22(24)23-14-7-9-16-25(23)28)30-19-29-27-21(17-10-18-26(27)30)20-11-4-3-5-12-20/h6-10,13-18,20,22-29H,3-5,11-12,19H2,1-2H3/t22?,23?,24?,25?,26-,27?,28?/m1/s1. The molecular weight excluding hydrogens is 392 g/mol. The Kier molecular flexibility index (Phi) is 5.12. The van der Waals surface area contributed by atoms with Gasteiger partial charge in [0.15, 0.2) is 0 Å². The van der Waals surface area contributed by atoms with Crippen molar-refractivity contribution in [1.29, 1.82) is 0 Å². The van der Waals surface area contributed by atoms with Crippen LogP contribution in [0, 0.1) is 29.6 Å². The summed E-state index contributed by atoms with van der Waals surface area (Å²) in [5.74, 6) is 3.54. The number of rotatable bonds is 3. The van der Waals surface area contributed by atoms with Crippen LogP contribution in [0.4, 0.5) is 0 Å². The molecule has 0 aromatic heterocycles. The van der Waals surface area contributed by atoms with Crippen LogP contribution in [0.15, 0.2) is 72.4 Å². The number of nitrogens with one attached hydrogen (secondary N) is 1. The highest BCUT2D eigenvalue weighted by atomic mass is 28.3. The minimum absolute atomic E-state index is 0.538. The first kappa shape index (κ1) is 20.2. The van der Waals surface area contributed by atoms with Crippen LogP contribution in [-0.2, 0) is 0 Å². The molecular formula is C28H38N2Si. The van der Waals surface area contributed by atoms with E-state index in [-0.39, 0.29) is 0 Å². The Bertz CT molecular complexity index is 851. The molecule has 0 aromatic carbocycles. The quantitative estimate of drug-likeness (QED) is 0.555. The van der Waals surface area contributed by atoms with Crippen molar-refractivity contribution in [2.45, 2.75) is 62.8 Å². The molecule has 1 N–H and O–H groups in total. The summed E-state index contributed by atoms with van der Waals surface area (Å²) in [6.07, 6.45) is 33.8. The van der Waals surface area contributed by atoms with Crippen LogP contribution in [0.1, 0.15) is 32.1 Å². The van der Waals surface area contributed by atoms with Crippen molar-refractivity contribution >= 4 is 8.24 Å². The van der Waals surface area contributed by atoms with Crippen molar-refractivity contribution in [1.82, 2.24) is 9.88 Å². The Morgan fingerprint density at radius 3 is 2.03 bits per heavy atom. The van der Waals surface area contributed by atoms with Gasteiger partial charge in [-0.25, -0.2) is 0 Å². The van der Waals surface area contributed by atoms with E-state index in [9.17, 15) is 0 Å². The molecule has 2 nitrogen and oxygen atoms in total. The lowest BCUT2D eigenvalue weighted by Crippen LogP contribution is -2.57. The van der Waals surface area contributed by atoms with Crippen LogP contribution in [0.2, 0.25) is 18.6 Å². The average Bonchev–Trinajstić information content (AvgIpc) is 3.40. The van der Waals surface area contributed by atoms with Crippen molar-refractivity contribution in [3.05, 3.63) is 72.4 Å². The maximum atomic E-state index is 4.01. The third-order valence-electron chi connectivity index (χ3n) is 9.49. The molecule has 0 spiro atoms. The highest BCUT2D eigenvalue weighted by Gasteiger charge is 2.57. The Labute approximate surface area is 189 Å².